The summed E-state index contributed by atoms with van der Waals surface area (Å²) in [4.78, 5) is 2.65. The monoisotopic (exact) mass is 282 g/mol. The molecule has 1 unspecified atom stereocenters. The summed E-state index contributed by atoms with van der Waals surface area (Å²) in [5, 5.41) is 0. The van der Waals surface area contributed by atoms with Gasteiger partial charge in [0, 0.05) is 25.2 Å². The van der Waals surface area contributed by atoms with Gasteiger partial charge in [0.15, 0.2) is 0 Å². The van der Waals surface area contributed by atoms with Crippen molar-refractivity contribution in [2.24, 2.45) is 11.1 Å². The van der Waals surface area contributed by atoms with Gasteiger partial charge >= 0.3 is 0 Å². The highest BCUT2D eigenvalue weighted by Crippen LogP contribution is 2.45. The summed E-state index contributed by atoms with van der Waals surface area (Å²) in [7, 11) is 0. The minimum absolute atomic E-state index is 0.0918. The van der Waals surface area contributed by atoms with Crippen molar-refractivity contribution >= 4 is 0 Å². The molecule has 0 amide bonds. The Bertz CT molecular complexity index is 346. The Morgan fingerprint density at radius 3 is 1.95 bits per heavy atom. The second kappa shape index (κ2) is 4.96. The second-order valence-electron chi connectivity index (χ2n) is 9.10. The maximum absolute atomic E-state index is 6.28. The summed E-state index contributed by atoms with van der Waals surface area (Å²) in [5.41, 5.74) is 6.68. The van der Waals surface area contributed by atoms with Crippen LogP contribution >= 0.6 is 0 Å². The first kappa shape index (κ1) is 16.3. The van der Waals surface area contributed by atoms with Gasteiger partial charge < -0.3 is 10.5 Å². The molecule has 0 bridgehead atoms. The van der Waals surface area contributed by atoms with Crippen LogP contribution in [-0.2, 0) is 4.74 Å². The van der Waals surface area contributed by atoms with E-state index in [-0.39, 0.29) is 16.7 Å². The number of morpholine rings is 1. The van der Waals surface area contributed by atoms with E-state index in [4.69, 9.17) is 10.5 Å². The summed E-state index contributed by atoms with van der Waals surface area (Å²) >= 11 is 0. The summed E-state index contributed by atoms with van der Waals surface area (Å²) in [6, 6.07) is 0. The molecule has 20 heavy (non-hydrogen) atoms. The molecule has 2 aliphatic rings. The molecule has 0 radical (unpaired) electrons. The molecule has 1 aliphatic heterocycles. The fourth-order valence-corrected chi connectivity index (χ4v) is 4.66. The van der Waals surface area contributed by atoms with Gasteiger partial charge in [0.05, 0.1) is 11.2 Å². The van der Waals surface area contributed by atoms with E-state index in [1.165, 1.54) is 25.7 Å². The molecule has 2 fully saturated rings. The molecule has 1 heterocycles. The van der Waals surface area contributed by atoms with Gasteiger partial charge in [0.1, 0.15) is 0 Å². The van der Waals surface area contributed by atoms with Gasteiger partial charge in [-0.25, -0.2) is 0 Å². The maximum atomic E-state index is 6.28. The second-order valence-corrected chi connectivity index (χ2v) is 9.10. The first-order chi connectivity index (χ1) is 8.99. The van der Waals surface area contributed by atoms with Crippen LogP contribution in [0.5, 0.6) is 0 Å². The number of nitrogens with two attached hydrogens (primary N) is 1. The molecular weight excluding hydrogens is 248 g/mol. The molecule has 3 nitrogen and oxygen atoms in total. The first-order valence-corrected chi connectivity index (χ1v) is 8.15. The van der Waals surface area contributed by atoms with Crippen molar-refractivity contribution in [3.8, 4) is 0 Å². The largest absolute Gasteiger partial charge is 0.367 e. The zero-order valence-corrected chi connectivity index (χ0v) is 14.4. The Hall–Kier alpha value is -0.120. The van der Waals surface area contributed by atoms with Gasteiger partial charge in [-0.05, 0) is 52.4 Å². The third kappa shape index (κ3) is 3.37. The van der Waals surface area contributed by atoms with E-state index in [1.54, 1.807) is 0 Å². The molecule has 0 aromatic carbocycles. The van der Waals surface area contributed by atoms with E-state index in [0.29, 0.717) is 5.41 Å². The predicted molar refractivity (Wildman–Crippen MR) is 84.9 cm³/mol. The van der Waals surface area contributed by atoms with Crippen LogP contribution in [0.3, 0.4) is 0 Å². The SMILES string of the molecule is CC1(C)CCCC(CN)(N2CC(C)(C)OC(C)(C)C2)C1. The van der Waals surface area contributed by atoms with E-state index in [1.807, 2.05) is 0 Å². The van der Waals surface area contributed by atoms with Crippen LogP contribution in [0.1, 0.15) is 67.2 Å². The van der Waals surface area contributed by atoms with Gasteiger partial charge in [0.2, 0.25) is 0 Å². The molecule has 2 rings (SSSR count). The smallest absolute Gasteiger partial charge is 0.0761 e. The zero-order chi connectivity index (χ0) is 15.2. The van der Waals surface area contributed by atoms with Crippen LogP contribution in [0, 0.1) is 5.41 Å². The maximum Gasteiger partial charge on any atom is 0.0761 e. The quantitative estimate of drug-likeness (QED) is 0.845. The Labute approximate surface area is 125 Å². The number of ether oxygens (including phenoxy) is 1. The van der Waals surface area contributed by atoms with E-state index in [9.17, 15) is 0 Å². The molecule has 3 heteroatoms. The minimum atomic E-state index is -0.0918. The van der Waals surface area contributed by atoms with Gasteiger partial charge in [-0.2, -0.15) is 0 Å². The number of nitrogens with zero attached hydrogens (tertiary/aromatic N) is 1. The average Bonchev–Trinajstić information content (AvgIpc) is 2.23. The van der Waals surface area contributed by atoms with Crippen LogP contribution in [0.25, 0.3) is 0 Å². The molecule has 1 saturated carbocycles. The highest BCUT2D eigenvalue weighted by molar-refractivity contribution is 5.04. The van der Waals surface area contributed by atoms with Gasteiger partial charge in [-0.1, -0.05) is 20.3 Å². The molecule has 2 N–H and O–H groups in total. The number of rotatable bonds is 2. The van der Waals surface area contributed by atoms with Crippen molar-refractivity contribution < 1.29 is 4.74 Å². The Morgan fingerprint density at radius 2 is 1.50 bits per heavy atom. The third-order valence-electron chi connectivity index (χ3n) is 5.05. The van der Waals surface area contributed by atoms with E-state index in [0.717, 1.165) is 19.6 Å². The lowest BCUT2D eigenvalue weighted by atomic mass is 9.66. The average molecular weight is 282 g/mol. The molecule has 1 aliphatic carbocycles. The van der Waals surface area contributed by atoms with Gasteiger partial charge in [0.25, 0.3) is 0 Å². The third-order valence-corrected chi connectivity index (χ3v) is 5.05. The molecule has 1 atom stereocenters. The normalized spacial score (nSPS) is 36.8. The molecule has 1 saturated heterocycles. The van der Waals surface area contributed by atoms with E-state index >= 15 is 0 Å². The fourth-order valence-electron chi connectivity index (χ4n) is 4.66. The number of hydrogen-bond donors (Lipinski definition) is 1. The van der Waals surface area contributed by atoms with Crippen LogP contribution in [0.2, 0.25) is 0 Å². The Balaban J connectivity index is 2.26. The van der Waals surface area contributed by atoms with Crippen molar-refractivity contribution in [3.63, 3.8) is 0 Å². The van der Waals surface area contributed by atoms with Crippen LogP contribution in [0.15, 0.2) is 0 Å². The molecular formula is C17H34N2O. The minimum Gasteiger partial charge on any atom is -0.367 e. The lowest BCUT2D eigenvalue weighted by molar-refractivity contribution is -0.205. The van der Waals surface area contributed by atoms with Crippen molar-refractivity contribution in [2.75, 3.05) is 19.6 Å². The highest BCUT2D eigenvalue weighted by Gasteiger charge is 2.49. The lowest BCUT2D eigenvalue weighted by Gasteiger charge is -2.57. The highest BCUT2D eigenvalue weighted by atomic mass is 16.5. The topological polar surface area (TPSA) is 38.5 Å². The van der Waals surface area contributed by atoms with Crippen molar-refractivity contribution in [2.45, 2.75) is 84.0 Å². The fraction of sp³-hybridized carbons (Fsp3) is 1.00. The van der Waals surface area contributed by atoms with Crippen molar-refractivity contribution in [1.82, 2.24) is 4.90 Å². The molecule has 0 aromatic heterocycles. The zero-order valence-electron chi connectivity index (χ0n) is 14.4. The predicted octanol–water partition coefficient (Wildman–Crippen LogP) is 3.17. The summed E-state index contributed by atoms with van der Waals surface area (Å²) in [6.45, 7) is 16.4. The molecule has 118 valence electrons. The summed E-state index contributed by atoms with van der Waals surface area (Å²) < 4.78 is 6.24. The van der Waals surface area contributed by atoms with Crippen LogP contribution in [-0.4, -0.2) is 41.3 Å². The standard InChI is InChI=1S/C17H34N2O/c1-14(2)8-7-9-17(10-14,11-18)19-12-15(3,4)20-16(5,6)13-19/h7-13,18H2,1-6H3. The van der Waals surface area contributed by atoms with Crippen LogP contribution < -0.4 is 5.73 Å². The Kier molecular flexibility index (Phi) is 4.03. The van der Waals surface area contributed by atoms with E-state index in [2.05, 4.69) is 46.4 Å². The Morgan fingerprint density at radius 1 is 0.950 bits per heavy atom. The summed E-state index contributed by atoms with van der Waals surface area (Å²) in [6.07, 6.45) is 5.07. The van der Waals surface area contributed by atoms with Gasteiger partial charge in [-0.15, -0.1) is 0 Å². The first-order valence-electron chi connectivity index (χ1n) is 8.15. The van der Waals surface area contributed by atoms with Gasteiger partial charge in [-0.3, -0.25) is 4.90 Å². The van der Waals surface area contributed by atoms with E-state index < -0.39 is 0 Å². The van der Waals surface area contributed by atoms with Crippen molar-refractivity contribution in [1.29, 1.82) is 0 Å². The van der Waals surface area contributed by atoms with Crippen LogP contribution in [0.4, 0.5) is 0 Å². The van der Waals surface area contributed by atoms with Crippen molar-refractivity contribution in [3.05, 3.63) is 0 Å². The number of hydrogen-bond acceptors (Lipinski definition) is 3. The molecule has 0 aromatic rings. The summed E-state index contributed by atoms with van der Waals surface area (Å²) in [5.74, 6) is 0. The lowest BCUT2D eigenvalue weighted by Crippen LogP contribution is -2.67. The molecule has 0 spiro atoms.